The summed E-state index contributed by atoms with van der Waals surface area (Å²) in [6, 6.07) is 17.4. The molecule has 0 aromatic heterocycles. The minimum Gasteiger partial charge on any atom is -0.395 e. The van der Waals surface area contributed by atoms with E-state index in [4.69, 9.17) is 9.84 Å². The van der Waals surface area contributed by atoms with Crippen LogP contribution in [0.2, 0.25) is 0 Å². The van der Waals surface area contributed by atoms with Gasteiger partial charge in [0.25, 0.3) is 0 Å². The van der Waals surface area contributed by atoms with E-state index >= 15 is 0 Å². The van der Waals surface area contributed by atoms with Gasteiger partial charge in [0.1, 0.15) is 0 Å². The SMILES string of the molecule is CCN(CCO)c1ccc(CNCCNCc2ccc(N3CCOCC3)cc2)cc1. The zero-order valence-corrected chi connectivity index (χ0v) is 18.1. The fourth-order valence-corrected chi connectivity index (χ4v) is 3.70. The van der Waals surface area contributed by atoms with Crippen LogP contribution < -0.4 is 20.4 Å². The number of likely N-dealkylation sites (N-methyl/N-ethyl adjacent to an activating group) is 1. The standard InChI is InChI=1S/C24H36N4O2/c1-2-27(13-16-29)23-7-3-21(4-8-23)19-25-11-12-26-20-22-5-9-24(10-6-22)28-14-17-30-18-15-28/h3-10,25-26,29H,2,11-20H2,1H3. The van der Waals surface area contributed by atoms with E-state index in [1.807, 2.05) is 0 Å². The number of anilines is 2. The van der Waals surface area contributed by atoms with Crippen LogP contribution in [0.5, 0.6) is 0 Å². The second kappa shape index (κ2) is 12.5. The van der Waals surface area contributed by atoms with E-state index in [0.29, 0.717) is 6.54 Å². The van der Waals surface area contributed by atoms with Crippen molar-refractivity contribution in [1.82, 2.24) is 10.6 Å². The Morgan fingerprint density at radius 1 is 0.900 bits per heavy atom. The second-order valence-electron chi connectivity index (χ2n) is 7.59. The van der Waals surface area contributed by atoms with Gasteiger partial charge in [-0.15, -0.1) is 0 Å². The zero-order valence-electron chi connectivity index (χ0n) is 18.1. The van der Waals surface area contributed by atoms with E-state index in [0.717, 1.165) is 64.7 Å². The summed E-state index contributed by atoms with van der Waals surface area (Å²) in [4.78, 5) is 4.55. The third-order valence-corrected chi connectivity index (χ3v) is 5.50. The van der Waals surface area contributed by atoms with E-state index in [2.05, 4.69) is 75.9 Å². The van der Waals surface area contributed by atoms with Crippen molar-refractivity contribution in [1.29, 1.82) is 0 Å². The molecule has 0 unspecified atom stereocenters. The van der Waals surface area contributed by atoms with Gasteiger partial charge in [0.05, 0.1) is 19.8 Å². The molecular formula is C24H36N4O2. The van der Waals surface area contributed by atoms with E-state index in [-0.39, 0.29) is 6.61 Å². The normalized spacial score (nSPS) is 14.1. The monoisotopic (exact) mass is 412 g/mol. The minimum absolute atomic E-state index is 0.183. The Bertz CT molecular complexity index is 663. The van der Waals surface area contributed by atoms with Crippen LogP contribution in [0.25, 0.3) is 0 Å². The minimum atomic E-state index is 0.183. The van der Waals surface area contributed by atoms with Crippen LogP contribution in [-0.4, -0.2) is 64.2 Å². The summed E-state index contributed by atoms with van der Waals surface area (Å²) in [6.45, 7) is 11.1. The molecule has 6 nitrogen and oxygen atoms in total. The number of hydrogen-bond acceptors (Lipinski definition) is 6. The highest BCUT2D eigenvalue weighted by Crippen LogP contribution is 2.17. The Morgan fingerprint density at radius 3 is 2.00 bits per heavy atom. The molecule has 1 fully saturated rings. The maximum Gasteiger partial charge on any atom is 0.0642 e. The summed E-state index contributed by atoms with van der Waals surface area (Å²) in [5.74, 6) is 0. The third-order valence-electron chi connectivity index (χ3n) is 5.50. The Morgan fingerprint density at radius 2 is 1.47 bits per heavy atom. The van der Waals surface area contributed by atoms with E-state index in [1.54, 1.807) is 0 Å². The van der Waals surface area contributed by atoms with Gasteiger partial charge in [0, 0.05) is 63.7 Å². The largest absolute Gasteiger partial charge is 0.395 e. The number of ether oxygens (including phenoxy) is 1. The molecular weight excluding hydrogens is 376 g/mol. The number of aliphatic hydroxyl groups is 1. The Balaban J connectivity index is 1.31. The molecule has 1 heterocycles. The lowest BCUT2D eigenvalue weighted by atomic mass is 10.2. The molecule has 1 saturated heterocycles. The molecule has 0 atom stereocenters. The van der Waals surface area contributed by atoms with Crippen molar-refractivity contribution in [2.75, 3.05) is 68.9 Å². The lowest BCUT2D eigenvalue weighted by molar-refractivity contribution is 0.122. The molecule has 0 spiro atoms. The number of benzene rings is 2. The van der Waals surface area contributed by atoms with Crippen LogP contribution in [-0.2, 0) is 17.8 Å². The maximum absolute atomic E-state index is 9.15. The fourth-order valence-electron chi connectivity index (χ4n) is 3.70. The molecule has 164 valence electrons. The van der Waals surface area contributed by atoms with Crippen molar-refractivity contribution < 1.29 is 9.84 Å². The Labute approximate surface area is 180 Å². The van der Waals surface area contributed by atoms with Gasteiger partial charge < -0.3 is 30.3 Å². The molecule has 1 aliphatic heterocycles. The molecule has 0 bridgehead atoms. The topological polar surface area (TPSA) is 60.0 Å². The highest BCUT2D eigenvalue weighted by Gasteiger charge is 2.10. The molecule has 2 aromatic carbocycles. The van der Waals surface area contributed by atoms with Crippen LogP contribution in [0.15, 0.2) is 48.5 Å². The number of morpholine rings is 1. The molecule has 0 amide bonds. The molecule has 1 aliphatic rings. The van der Waals surface area contributed by atoms with Crippen molar-refractivity contribution in [3.8, 4) is 0 Å². The molecule has 6 heteroatoms. The number of aliphatic hydroxyl groups excluding tert-OH is 1. The number of nitrogens with zero attached hydrogens (tertiary/aromatic N) is 2. The number of nitrogens with one attached hydrogen (secondary N) is 2. The maximum atomic E-state index is 9.15. The molecule has 0 aliphatic carbocycles. The lowest BCUT2D eigenvalue weighted by Crippen LogP contribution is -2.36. The van der Waals surface area contributed by atoms with Gasteiger partial charge in [-0.3, -0.25) is 0 Å². The van der Waals surface area contributed by atoms with Crippen LogP contribution in [0, 0.1) is 0 Å². The van der Waals surface area contributed by atoms with Gasteiger partial charge in [0.15, 0.2) is 0 Å². The summed E-state index contributed by atoms with van der Waals surface area (Å²) in [6.07, 6.45) is 0. The molecule has 0 radical (unpaired) electrons. The summed E-state index contributed by atoms with van der Waals surface area (Å²) in [5, 5.41) is 16.1. The molecule has 0 saturated carbocycles. The summed E-state index contributed by atoms with van der Waals surface area (Å²) in [5.41, 5.74) is 5.04. The number of hydrogen-bond donors (Lipinski definition) is 3. The highest BCUT2D eigenvalue weighted by molar-refractivity contribution is 5.48. The van der Waals surface area contributed by atoms with Crippen molar-refractivity contribution >= 4 is 11.4 Å². The predicted molar refractivity (Wildman–Crippen MR) is 124 cm³/mol. The van der Waals surface area contributed by atoms with Gasteiger partial charge in [-0.25, -0.2) is 0 Å². The van der Waals surface area contributed by atoms with Gasteiger partial charge in [-0.2, -0.15) is 0 Å². The van der Waals surface area contributed by atoms with E-state index in [1.165, 1.54) is 16.8 Å². The van der Waals surface area contributed by atoms with Crippen LogP contribution in [0.1, 0.15) is 18.1 Å². The van der Waals surface area contributed by atoms with Crippen LogP contribution in [0.4, 0.5) is 11.4 Å². The third kappa shape index (κ3) is 6.99. The van der Waals surface area contributed by atoms with E-state index in [9.17, 15) is 0 Å². The Kier molecular flexibility index (Phi) is 9.44. The van der Waals surface area contributed by atoms with Crippen molar-refractivity contribution in [3.63, 3.8) is 0 Å². The lowest BCUT2D eigenvalue weighted by Gasteiger charge is -2.28. The first-order chi connectivity index (χ1) is 14.8. The summed E-state index contributed by atoms with van der Waals surface area (Å²) >= 11 is 0. The molecule has 3 rings (SSSR count). The number of rotatable bonds is 12. The van der Waals surface area contributed by atoms with Crippen LogP contribution >= 0.6 is 0 Å². The fraction of sp³-hybridized carbons (Fsp3) is 0.500. The average molecular weight is 413 g/mol. The summed E-state index contributed by atoms with van der Waals surface area (Å²) in [7, 11) is 0. The smallest absolute Gasteiger partial charge is 0.0642 e. The van der Waals surface area contributed by atoms with E-state index < -0.39 is 0 Å². The van der Waals surface area contributed by atoms with Crippen molar-refractivity contribution in [2.24, 2.45) is 0 Å². The summed E-state index contributed by atoms with van der Waals surface area (Å²) < 4.78 is 5.42. The van der Waals surface area contributed by atoms with Crippen molar-refractivity contribution in [2.45, 2.75) is 20.0 Å². The molecule has 3 N–H and O–H groups in total. The first-order valence-corrected chi connectivity index (χ1v) is 11.1. The van der Waals surface area contributed by atoms with Gasteiger partial charge >= 0.3 is 0 Å². The highest BCUT2D eigenvalue weighted by atomic mass is 16.5. The van der Waals surface area contributed by atoms with Gasteiger partial charge in [0.2, 0.25) is 0 Å². The van der Waals surface area contributed by atoms with Gasteiger partial charge in [-0.05, 0) is 42.3 Å². The zero-order chi connectivity index (χ0) is 21.0. The average Bonchev–Trinajstić information content (AvgIpc) is 2.81. The Hall–Kier alpha value is -2.12. The van der Waals surface area contributed by atoms with Crippen molar-refractivity contribution in [3.05, 3.63) is 59.7 Å². The first-order valence-electron chi connectivity index (χ1n) is 11.1. The van der Waals surface area contributed by atoms with Crippen LogP contribution in [0.3, 0.4) is 0 Å². The second-order valence-corrected chi connectivity index (χ2v) is 7.59. The molecule has 30 heavy (non-hydrogen) atoms. The quantitative estimate of drug-likeness (QED) is 0.465. The predicted octanol–water partition coefficient (Wildman–Crippen LogP) is 2.22. The van der Waals surface area contributed by atoms with Gasteiger partial charge in [-0.1, -0.05) is 24.3 Å². The first kappa shape index (κ1) is 22.6. The molecule has 2 aromatic rings.